The van der Waals surface area contributed by atoms with E-state index in [0.717, 1.165) is 12.6 Å². The highest BCUT2D eigenvalue weighted by atomic mass is 15.0. The second-order valence-electron chi connectivity index (χ2n) is 14.4. The van der Waals surface area contributed by atoms with Crippen LogP contribution in [0, 0.1) is 18.0 Å². The summed E-state index contributed by atoms with van der Waals surface area (Å²) in [4.78, 5) is 9.53. The number of hydrogen-bond donors (Lipinski definition) is 0. The molecule has 0 amide bonds. The van der Waals surface area contributed by atoms with Crippen LogP contribution in [0.3, 0.4) is 0 Å². The number of aliphatic imine (C=N–C) groups is 2. The van der Waals surface area contributed by atoms with E-state index in [-0.39, 0.29) is 0 Å². The maximum atomic E-state index is 4.77. The van der Waals surface area contributed by atoms with Crippen molar-refractivity contribution in [1.82, 2.24) is 0 Å². The van der Waals surface area contributed by atoms with Gasteiger partial charge in [-0.15, -0.1) is 0 Å². The molecule has 0 aliphatic carbocycles. The van der Waals surface area contributed by atoms with Crippen molar-refractivity contribution in [2.45, 2.75) is 206 Å². The second-order valence-corrected chi connectivity index (χ2v) is 14.4. The van der Waals surface area contributed by atoms with Gasteiger partial charge in [0, 0.05) is 0 Å². The predicted octanol–water partition coefficient (Wildman–Crippen LogP) is 14.5. The zero-order valence-electron chi connectivity index (χ0n) is 30.3. The normalized spacial score (nSPS) is 14.0. The Morgan fingerprint density at radius 1 is 0.444 bits per heavy atom. The summed E-state index contributed by atoms with van der Waals surface area (Å²) in [5, 5.41) is 0. The maximum absolute atomic E-state index is 4.77. The van der Waals surface area contributed by atoms with E-state index in [2.05, 4.69) is 44.2 Å². The van der Waals surface area contributed by atoms with E-state index in [0.29, 0.717) is 11.8 Å². The average molecular weight is 620 g/mol. The molecule has 0 bridgehead atoms. The molecule has 0 fully saturated rings. The Morgan fingerprint density at radius 2 is 0.800 bits per heavy atom. The number of hydrogen-bond acceptors (Lipinski definition) is 2. The minimum Gasteiger partial charge on any atom is -0.0965 e. The molecule has 45 heavy (non-hydrogen) atoms. The Balaban J connectivity index is 1.65. The van der Waals surface area contributed by atoms with Crippen molar-refractivity contribution >= 4 is 12.4 Å². The van der Waals surface area contributed by atoms with E-state index < -0.39 is 0 Å². The molecule has 2 rings (SSSR count). The van der Waals surface area contributed by atoms with E-state index >= 15 is 0 Å². The minimum atomic E-state index is 0.495. The number of nitrogens with zero attached hydrogens (tertiary/aromatic N) is 2. The quantitative estimate of drug-likeness (QED) is 0.0552. The Morgan fingerprint density at radius 3 is 1.20 bits per heavy atom. The first-order valence-corrected chi connectivity index (χ1v) is 20.3. The van der Waals surface area contributed by atoms with E-state index in [9.17, 15) is 0 Å². The Labute approximate surface area is 282 Å². The van der Waals surface area contributed by atoms with Gasteiger partial charge in [-0.1, -0.05) is 228 Å². The summed E-state index contributed by atoms with van der Waals surface area (Å²) >= 11 is 0. The average Bonchev–Trinajstić information content (AvgIpc) is 3.60. The molecule has 1 aromatic carbocycles. The minimum absolute atomic E-state index is 0.495. The lowest BCUT2D eigenvalue weighted by Crippen LogP contribution is -2.22. The van der Waals surface area contributed by atoms with Crippen molar-refractivity contribution < 1.29 is 0 Å². The summed E-state index contributed by atoms with van der Waals surface area (Å²) in [7, 11) is 0. The Hall–Kier alpha value is -1.57. The third-order valence-electron chi connectivity index (χ3n) is 10.3. The lowest BCUT2D eigenvalue weighted by atomic mass is 9.78. The molecule has 0 N–H and O–H groups in total. The van der Waals surface area contributed by atoms with Crippen LogP contribution >= 0.6 is 0 Å². The van der Waals surface area contributed by atoms with Crippen molar-refractivity contribution in [3.8, 4) is 0 Å². The van der Waals surface area contributed by atoms with Gasteiger partial charge in [-0.3, -0.25) is 0 Å². The fraction of sp³-hybridized carbons (Fsp3) is 0.791. The van der Waals surface area contributed by atoms with Crippen LogP contribution in [0.2, 0.25) is 0 Å². The van der Waals surface area contributed by atoms with Gasteiger partial charge in [0.2, 0.25) is 6.17 Å². The monoisotopic (exact) mass is 620 g/mol. The molecule has 0 radical (unpaired) electrons. The molecule has 2 nitrogen and oxygen atoms in total. The first kappa shape index (κ1) is 39.6. The molecule has 1 aliphatic rings. The first-order chi connectivity index (χ1) is 22.3. The van der Waals surface area contributed by atoms with Crippen LogP contribution in [0.25, 0.3) is 0 Å². The van der Waals surface area contributed by atoms with Gasteiger partial charge in [-0.05, 0) is 30.7 Å². The van der Waals surface area contributed by atoms with Crippen molar-refractivity contribution in [1.29, 1.82) is 0 Å². The summed E-state index contributed by atoms with van der Waals surface area (Å²) in [5.41, 5.74) is 1.48. The molecule has 0 saturated carbocycles. The molecule has 1 aliphatic heterocycles. The lowest BCUT2D eigenvalue weighted by Gasteiger charge is -2.26. The molecule has 1 heterocycles. The van der Waals surface area contributed by atoms with Gasteiger partial charge < -0.3 is 0 Å². The van der Waals surface area contributed by atoms with E-state index in [1.54, 1.807) is 0 Å². The van der Waals surface area contributed by atoms with Gasteiger partial charge in [0.15, 0.2) is 12.4 Å². The molecule has 0 spiro atoms. The van der Waals surface area contributed by atoms with Crippen LogP contribution in [0.1, 0.15) is 206 Å². The van der Waals surface area contributed by atoms with Crippen LogP contribution in [0.4, 0.5) is 0 Å². The third kappa shape index (κ3) is 21.8. The second kappa shape index (κ2) is 29.8. The third-order valence-corrected chi connectivity index (χ3v) is 10.3. The SMILES string of the molecule is CCCCCCCCCCCCCCCCCC([C+]1N=CC=N1)C(CCCCCCCCCCCCCC)Cc1ccccc1. The molecule has 2 unspecified atom stereocenters. The molecule has 2 heteroatoms. The summed E-state index contributed by atoms with van der Waals surface area (Å²) in [6.45, 7) is 4.61. The van der Waals surface area contributed by atoms with Crippen LogP contribution < -0.4 is 0 Å². The topological polar surface area (TPSA) is 24.7 Å². The zero-order chi connectivity index (χ0) is 31.9. The summed E-state index contributed by atoms with van der Waals surface area (Å²) in [6.07, 6.45) is 47.0. The Bertz CT molecular complexity index is 787. The van der Waals surface area contributed by atoms with Crippen molar-refractivity contribution in [2.75, 3.05) is 0 Å². The smallest absolute Gasteiger partial charge is 0.0965 e. The number of benzene rings is 1. The van der Waals surface area contributed by atoms with Crippen molar-refractivity contribution in [3.63, 3.8) is 0 Å². The maximum Gasteiger partial charge on any atom is 0.244 e. The van der Waals surface area contributed by atoms with Crippen LogP contribution in [-0.4, -0.2) is 12.4 Å². The van der Waals surface area contributed by atoms with E-state index in [1.165, 1.54) is 192 Å². The van der Waals surface area contributed by atoms with Crippen LogP contribution in [0.5, 0.6) is 0 Å². The van der Waals surface area contributed by atoms with Crippen LogP contribution in [-0.2, 0) is 6.42 Å². The summed E-state index contributed by atoms with van der Waals surface area (Å²) < 4.78 is 0. The lowest BCUT2D eigenvalue weighted by molar-refractivity contribution is 0.284. The Kier molecular flexibility index (Phi) is 26.2. The van der Waals surface area contributed by atoms with Gasteiger partial charge in [0.05, 0.1) is 5.92 Å². The van der Waals surface area contributed by atoms with Gasteiger partial charge in [0.25, 0.3) is 0 Å². The molecular formula is C43H75N2+. The summed E-state index contributed by atoms with van der Waals surface area (Å²) in [5.74, 6) is 1.14. The van der Waals surface area contributed by atoms with Crippen molar-refractivity contribution in [3.05, 3.63) is 42.1 Å². The molecule has 0 saturated heterocycles. The number of rotatable bonds is 33. The fourth-order valence-electron chi connectivity index (χ4n) is 7.37. The molecule has 256 valence electrons. The van der Waals surface area contributed by atoms with E-state index in [4.69, 9.17) is 9.98 Å². The first-order valence-electron chi connectivity index (χ1n) is 20.3. The fourth-order valence-corrected chi connectivity index (χ4v) is 7.37. The molecular weight excluding hydrogens is 544 g/mol. The standard InChI is InChI=1S/C43H75N2/c1-3-5-7-9-11-13-15-17-18-19-21-23-25-27-32-36-42(43-44-37-38-45-43)41(39-40-33-29-28-30-34-40)35-31-26-24-22-20-16-14-12-10-8-6-4-2/h28-30,33-34,37-38,41-42H,3-27,31-32,35-36,39H2,1-2H3/q+1. The highest BCUT2D eigenvalue weighted by molar-refractivity contribution is 6.18. The highest BCUT2D eigenvalue weighted by Crippen LogP contribution is 2.37. The predicted molar refractivity (Wildman–Crippen MR) is 203 cm³/mol. The highest BCUT2D eigenvalue weighted by Gasteiger charge is 2.35. The van der Waals surface area contributed by atoms with E-state index in [1.807, 2.05) is 12.4 Å². The van der Waals surface area contributed by atoms with Gasteiger partial charge >= 0.3 is 0 Å². The molecule has 0 aromatic heterocycles. The number of unbranched alkanes of at least 4 members (excludes halogenated alkanes) is 25. The molecule has 1 aromatic rings. The van der Waals surface area contributed by atoms with Gasteiger partial charge in [-0.25, -0.2) is 0 Å². The van der Waals surface area contributed by atoms with Gasteiger partial charge in [0.1, 0.15) is 0 Å². The molecule has 2 atom stereocenters. The van der Waals surface area contributed by atoms with Crippen molar-refractivity contribution in [2.24, 2.45) is 21.8 Å². The largest absolute Gasteiger partial charge is 0.244 e. The van der Waals surface area contributed by atoms with Gasteiger partial charge in [-0.2, -0.15) is 0 Å². The zero-order valence-corrected chi connectivity index (χ0v) is 30.3. The van der Waals surface area contributed by atoms with Crippen LogP contribution in [0.15, 0.2) is 40.3 Å². The summed E-state index contributed by atoms with van der Waals surface area (Å²) in [6, 6.07) is 11.2.